The summed E-state index contributed by atoms with van der Waals surface area (Å²) < 4.78 is 0. The number of hydrogen-bond acceptors (Lipinski definition) is 0. The first-order chi connectivity index (χ1) is 6.40. The van der Waals surface area contributed by atoms with Gasteiger partial charge in [0, 0.05) is 0 Å². The zero-order chi connectivity index (χ0) is 9.10. The number of hydrogen-bond donors (Lipinski definition) is 0. The lowest BCUT2D eigenvalue weighted by Gasteiger charge is -2.01. The molecule has 0 unspecified atom stereocenters. The molecule has 0 nitrogen and oxygen atoms in total. The summed E-state index contributed by atoms with van der Waals surface area (Å²) in [4.78, 5) is 0. The van der Waals surface area contributed by atoms with Gasteiger partial charge in [0.05, 0.1) is 0 Å². The Morgan fingerprint density at radius 3 is 2.46 bits per heavy atom. The van der Waals surface area contributed by atoms with Crippen LogP contribution in [0.25, 0.3) is 10.8 Å². The van der Waals surface area contributed by atoms with Gasteiger partial charge in [-0.3, -0.25) is 0 Å². The van der Waals surface area contributed by atoms with Crippen LogP contribution in [0.5, 0.6) is 0 Å². The first kappa shape index (κ1) is 8.31. The zero-order valence-corrected chi connectivity index (χ0v) is 7.96. The highest BCUT2D eigenvalue weighted by Gasteiger charge is 1.93. The van der Waals surface area contributed by atoms with Crippen molar-refractivity contribution in [2.75, 3.05) is 0 Å². The van der Waals surface area contributed by atoms with Crippen LogP contribution >= 0.6 is 0 Å². The normalized spacial score (nSPS) is 10.5. The number of benzene rings is 2. The average Bonchev–Trinajstić information content (AvgIpc) is 2.18. The smallest absolute Gasteiger partial charge is 0.0181 e. The maximum absolute atomic E-state index is 2.29. The predicted molar refractivity (Wildman–Crippen MR) is 57.9 cm³/mol. The molecule has 0 amide bonds. The molecule has 0 aromatic heterocycles. The molecule has 0 fully saturated rings. The number of aryl methyl sites for hydroxylation is 1. The van der Waals surface area contributed by atoms with E-state index in [2.05, 4.69) is 49.4 Å². The van der Waals surface area contributed by atoms with Gasteiger partial charge in [-0.15, -0.1) is 0 Å². The van der Waals surface area contributed by atoms with Crippen LogP contribution in [-0.4, -0.2) is 0 Å². The molecule has 0 aliphatic carbocycles. The van der Waals surface area contributed by atoms with Gasteiger partial charge >= 0.3 is 0 Å². The number of rotatable bonds is 2. The van der Waals surface area contributed by atoms with E-state index in [1.165, 1.54) is 29.2 Å². The van der Waals surface area contributed by atoms with E-state index in [1.807, 2.05) is 0 Å². The molecule has 0 saturated carbocycles. The summed E-state index contributed by atoms with van der Waals surface area (Å²) in [7, 11) is 0. The van der Waals surface area contributed by atoms with Crippen molar-refractivity contribution < 1.29 is 0 Å². The molecule has 13 heavy (non-hydrogen) atoms. The fraction of sp³-hybridized carbons (Fsp3) is 0.231. The molecule has 0 bridgehead atoms. The third-order valence-corrected chi connectivity index (χ3v) is 2.35. The van der Waals surface area contributed by atoms with E-state index in [0.717, 1.165) is 0 Å². The first-order valence-electron chi connectivity index (χ1n) is 4.88. The molecule has 0 spiro atoms. The maximum atomic E-state index is 2.29. The summed E-state index contributed by atoms with van der Waals surface area (Å²) in [6, 6.07) is 15.2. The van der Waals surface area contributed by atoms with E-state index in [4.69, 9.17) is 0 Å². The molecule has 2 aromatic rings. The lowest BCUT2D eigenvalue weighted by Crippen LogP contribution is -1.82. The molecule has 0 saturated heterocycles. The Balaban J connectivity index is 2.49. The van der Waals surface area contributed by atoms with Crippen LogP contribution in [0.4, 0.5) is 0 Å². The average molecular weight is 170 g/mol. The third kappa shape index (κ3) is 1.72. The molecular formula is C13H14. The monoisotopic (exact) mass is 170 g/mol. The molecule has 2 rings (SSSR count). The van der Waals surface area contributed by atoms with Gasteiger partial charge in [0.1, 0.15) is 0 Å². The summed E-state index contributed by atoms with van der Waals surface area (Å²) in [6.07, 6.45) is 2.41. The van der Waals surface area contributed by atoms with Crippen molar-refractivity contribution in [2.24, 2.45) is 0 Å². The standard InChI is InChI=1S/C13H14/c1-2-5-11-8-9-12-6-3-4-7-13(12)10-11/h3-4,6-10H,2,5H2,1H3. The van der Waals surface area contributed by atoms with E-state index >= 15 is 0 Å². The fourth-order valence-corrected chi connectivity index (χ4v) is 1.68. The van der Waals surface area contributed by atoms with Crippen LogP contribution in [0, 0.1) is 0 Å². The molecule has 0 atom stereocenters. The van der Waals surface area contributed by atoms with Crippen molar-refractivity contribution in [3.63, 3.8) is 0 Å². The van der Waals surface area contributed by atoms with E-state index in [-0.39, 0.29) is 0 Å². The summed E-state index contributed by atoms with van der Waals surface area (Å²) in [5.74, 6) is 0. The Morgan fingerprint density at radius 2 is 1.69 bits per heavy atom. The Labute approximate surface area is 79.2 Å². The van der Waals surface area contributed by atoms with Gasteiger partial charge in [-0.25, -0.2) is 0 Å². The highest BCUT2D eigenvalue weighted by molar-refractivity contribution is 5.82. The van der Waals surface area contributed by atoms with Crippen molar-refractivity contribution in [2.45, 2.75) is 19.8 Å². The molecule has 0 heteroatoms. The molecule has 0 aliphatic heterocycles. The molecule has 0 aliphatic rings. The lowest BCUT2D eigenvalue weighted by atomic mass is 10.0. The van der Waals surface area contributed by atoms with Gasteiger partial charge in [0.15, 0.2) is 0 Å². The number of fused-ring (bicyclic) bond motifs is 1. The third-order valence-electron chi connectivity index (χ3n) is 2.35. The predicted octanol–water partition coefficient (Wildman–Crippen LogP) is 3.79. The molecule has 0 heterocycles. The van der Waals surface area contributed by atoms with Gasteiger partial charge in [0.2, 0.25) is 0 Å². The minimum absolute atomic E-state index is 1.19. The maximum Gasteiger partial charge on any atom is -0.0181 e. The molecule has 2 aromatic carbocycles. The van der Waals surface area contributed by atoms with Crippen molar-refractivity contribution in [1.29, 1.82) is 0 Å². The van der Waals surface area contributed by atoms with Crippen molar-refractivity contribution in [3.05, 3.63) is 48.0 Å². The van der Waals surface area contributed by atoms with Crippen LogP contribution in [0.3, 0.4) is 0 Å². The highest BCUT2D eigenvalue weighted by Crippen LogP contribution is 2.16. The van der Waals surface area contributed by atoms with Crippen LogP contribution in [-0.2, 0) is 6.42 Å². The highest BCUT2D eigenvalue weighted by atomic mass is 14.0. The first-order valence-corrected chi connectivity index (χ1v) is 4.88. The second-order valence-electron chi connectivity index (χ2n) is 3.43. The van der Waals surface area contributed by atoms with E-state index in [9.17, 15) is 0 Å². The zero-order valence-electron chi connectivity index (χ0n) is 7.96. The van der Waals surface area contributed by atoms with Gasteiger partial charge in [-0.1, -0.05) is 55.8 Å². The van der Waals surface area contributed by atoms with Gasteiger partial charge in [-0.2, -0.15) is 0 Å². The minimum Gasteiger partial charge on any atom is -0.0651 e. The fourth-order valence-electron chi connectivity index (χ4n) is 1.68. The summed E-state index contributed by atoms with van der Waals surface area (Å²) in [5, 5.41) is 2.69. The second-order valence-corrected chi connectivity index (χ2v) is 3.43. The largest absolute Gasteiger partial charge is 0.0651 e. The quantitative estimate of drug-likeness (QED) is 0.643. The van der Waals surface area contributed by atoms with Gasteiger partial charge < -0.3 is 0 Å². The van der Waals surface area contributed by atoms with E-state index in [1.54, 1.807) is 0 Å². The van der Waals surface area contributed by atoms with Crippen LogP contribution < -0.4 is 0 Å². The summed E-state index contributed by atoms with van der Waals surface area (Å²) in [5.41, 5.74) is 1.45. The van der Waals surface area contributed by atoms with Gasteiger partial charge in [0.25, 0.3) is 0 Å². The van der Waals surface area contributed by atoms with E-state index < -0.39 is 0 Å². The molecular weight excluding hydrogens is 156 g/mol. The SMILES string of the molecule is CCCc1ccc2ccccc2c1. The van der Waals surface area contributed by atoms with Gasteiger partial charge in [-0.05, 0) is 22.8 Å². The van der Waals surface area contributed by atoms with Crippen molar-refractivity contribution >= 4 is 10.8 Å². The summed E-state index contributed by atoms with van der Waals surface area (Å²) >= 11 is 0. The molecule has 0 N–H and O–H groups in total. The summed E-state index contributed by atoms with van der Waals surface area (Å²) in [6.45, 7) is 2.22. The van der Waals surface area contributed by atoms with E-state index in [0.29, 0.717) is 0 Å². The second kappa shape index (κ2) is 3.61. The molecule has 0 radical (unpaired) electrons. The minimum atomic E-state index is 1.19. The Morgan fingerprint density at radius 1 is 0.923 bits per heavy atom. The lowest BCUT2D eigenvalue weighted by molar-refractivity contribution is 0.924. The van der Waals surface area contributed by atoms with Crippen molar-refractivity contribution in [3.8, 4) is 0 Å². The Hall–Kier alpha value is -1.30. The van der Waals surface area contributed by atoms with Crippen LogP contribution in [0.1, 0.15) is 18.9 Å². The van der Waals surface area contributed by atoms with Crippen LogP contribution in [0.2, 0.25) is 0 Å². The molecule has 66 valence electrons. The Bertz CT molecular complexity index is 401. The van der Waals surface area contributed by atoms with Crippen LogP contribution in [0.15, 0.2) is 42.5 Å². The topological polar surface area (TPSA) is 0 Å². The Kier molecular flexibility index (Phi) is 2.31. The van der Waals surface area contributed by atoms with Crippen molar-refractivity contribution in [1.82, 2.24) is 0 Å².